The molecule has 0 radical (unpaired) electrons. The number of aryl methyl sites for hydroxylation is 1. The first-order valence-corrected chi connectivity index (χ1v) is 11.8. The van der Waals surface area contributed by atoms with Crippen molar-refractivity contribution < 1.29 is 13.9 Å². The van der Waals surface area contributed by atoms with Gasteiger partial charge in [0.25, 0.3) is 5.91 Å². The Morgan fingerprint density at radius 1 is 1.22 bits per heavy atom. The number of benzene rings is 2. The number of halogens is 2. The molecule has 0 aliphatic carbocycles. The minimum Gasteiger partial charge on any atom is -0.370 e. The van der Waals surface area contributed by atoms with Gasteiger partial charge in [-0.3, -0.25) is 9.48 Å². The summed E-state index contributed by atoms with van der Waals surface area (Å²) in [7, 11) is 1.83. The first-order valence-electron chi connectivity index (χ1n) is 11.4. The average molecular weight is 518 g/mol. The minimum absolute atomic E-state index is 0.0565. The van der Waals surface area contributed by atoms with Gasteiger partial charge in [-0.25, -0.2) is 14.4 Å². The maximum Gasteiger partial charge on any atom is 0.274 e. The van der Waals surface area contributed by atoms with Crippen LogP contribution >= 0.6 is 11.6 Å². The number of anilines is 2. The van der Waals surface area contributed by atoms with E-state index in [1.807, 2.05) is 24.2 Å². The molecule has 2 aromatic heterocycles. The zero-order valence-corrected chi connectivity index (χ0v) is 20.5. The highest BCUT2D eigenvalue weighted by Crippen LogP contribution is 2.29. The third kappa shape index (κ3) is 5.43. The van der Waals surface area contributed by atoms with Crippen molar-refractivity contribution in [1.82, 2.24) is 19.7 Å². The lowest BCUT2D eigenvalue weighted by atomic mass is 10.1. The predicted octanol–water partition coefficient (Wildman–Crippen LogP) is 4.37. The van der Waals surface area contributed by atoms with Crippen LogP contribution in [0.3, 0.4) is 0 Å². The SMILES string of the molecule is Cn1cc(C2CN(c3cc(C(=O)Nc4ccc(C#N)cc4)nc(-c4ccc(Cl)cc4F)n3)CCO2)cn1. The Hall–Kier alpha value is -4.33. The summed E-state index contributed by atoms with van der Waals surface area (Å²) in [5.41, 5.74) is 2.06. The molecular weight excluding hydrogens is 497 g/mol. The summed E-state index contributed by atoms with van der Waals surface area (Å²) in [6, 6.07) is 14.3. The lowest BCUT2D eigenvalue weighted by Gasteiger charge is -2.33. The molecule has 0 saturated carbocycles. The predicted molar refractivity (Wildman–Crippen MR) is 136 cm³/mol. The molecule has 4 aromatic rings. The second-order valence-corrected chi connectivity index (χ2v) is 8.89. The molecule has 37 heavy (non-hydrogen) atoms. The molecular formula is C26H21ClFN7O2. The van der Waals surface area contributed by atoms with Gasteiger partial charge in [0, 0.05) is 48.7 Å². The Morgan fingerprint density at radius 2 is 2.03 bits per heavy atom. The number of carbonyl (C=O) groups is 1. The van der Waals surface area contributed by atoms with E-state index in [1.165, 1.54) is 12.1 Å². The van der Waals surface area contributed by atoms with E-state index in [-0.39, 0.29) is 28.2 Å². The third-order valence-corrected chi connectivity index (χ3v) is 6.11. The molecule has 1 aliphatic heterocycles. The number of hydrogen-bond donors (Lipinski definition) is 1. The summed E-state index contributed by atoms with van der Waals surface area (Å²) in [6.45, 7) is 1.41. The number of aromatic nitrogens is 4. The van der Waals surface area contributed by atoms with Crippen LogP contribution in [-0.2, 0) is 11.8 Å². The summed E-state index contributed by atoms with van der Waals surface area (Å²) < 4.78 is 22.5. The van der Waals surface area contributed by atoms with E-state index in [0.717, 1.165) is 5.56 Å². The van der Waals surface area contributed by atoms with E-state index in [0.29, 0.717) is 36.8 Å². The Balaban J connectivity index is 1.50. The zero-order valence-electron chi connectivity index (χ0n) is 19.7. The summed E-state index contributed by atoms with van der Waals surface area (Å²) in [5, 5.41) is 16.2. The number of rotatable bonds is 5. The lowest BCUT2D eigenvalue weighted by Crippen LogP contribution is -2.39. The van der Waals surface area contributed by atoms with E-state index >= 15 is 0 Å². The minimum atomic E-state index is -0.599. The van der Waals surface area contributed by atoms with Crippen LogP contribution in [0.4, 0.5) is 15.9 Å². The fourth-order valence-corrected chi connectivity index (χ4v) is 4.15. The van der Waals surface area contributed by atoms with Crippen molar-refractivity contribution in [1.29, 1.82) is 5.26 Å². The van der Waals surface area contributed by atoms with Gasteiger partial charge in [0.2, 0.25) is 0 Å². The van der Waals surface area contributed by atoms with Crippen molar-refractivity contribution in [2.24, 2.45) is 7.05 Å². The van der Waals surface area contributed by atoms with Crippen LogP contribution in [0.2, 0.25) is 5.02 Å². The van der Waals surface area contributed by atoms with E-state index in [2.05, 4.69) is 20.4 Å². The smallest absolute Gasteiger partial charge is 0.274 e. The largest absolute Gasteiger partial charge is 0.370 e. The van der Waals surface area contributed by atoms with Gasteiger partial charge in [0.1, 0.15) is 23.4 Å². The molecule has 5 rings (SSSR count). The van der Waals surface area contributed by atoms with Gasteiger partial charge in [0.15, 0.2) is 5.82 Å². The quantitative estimate of drug-likeness (QED) is 0.418. The third-order valence-electron chi connectivity index (χ3n) is 5.88. The van der Waals surface area contributed by atoms with Crippen molar-refractivity contribution >= 4 is 29.0 Å². The molecule has 1 atom stereocenters. The second kappa shape index (κ2) is 10.3. The molecule has 1 amide bonds. The molecule has 1 N–H and O–H groups in total. The van der Waals surface area contributed by atoms with Gasteiger partial charge >= 0.3 is 0 Å². The van der Waals surface area contributed by atoms with E-state index in [1.54, 1.807) is 47.3 Å². The maximum absolute atomic E-state index is 14.8. The van der Waals surface area contributed by atoms with Crippen molar-refractivity contribution in [2.45, 2.75) is 6.10 Å². The van der Waals surface area contributed by atoms with Crippen LogP contribution < -0.4 is 10.2 Å². The van der Waals surface area contributed by atoms with Crippen LogP contribution in [0, 0.1) is 17.1 Å². The Morgan fingerprint density at radius 3 is 2.73 bits per heavy atom. The number of carbonyl (C=O) groups excluding carboxylic acids is 1. The second-order valence-electron chi connectivity index (χ2n) is 8.46. The number of ether oxygens (including phenoxy) is 1. The Kier molecular flexibility index (Phi) is 6.81. The standard InChI is InChI=1S/C26H21ClFN7O2/c1-34-14-17(13-30-34)23-15-35(8-9-37-23)24-11-22(26(36)31-19-5-2-16(12-29)3-6-19)32-25(33-24)20-7-4-18(27)10-21(20)28/h2-7,10-11,13-14,23H,8-9,15H2,1H3,(H,31,36). The van der Waals surface area contributed by atoms with E-state index in [9.17, 15) is 9.18 Å². The highest BCUT2D eigenvalue weighted by atomic mass is 35.5. The van der Waals surface area contributed by atoms with Gasteiger partial charge < -0.3 is 15.0 Å². The normalized spacial score (nSPS) is 15.3. The Labute approximate surface area is 217 Å². The number of nitrogens with zero attached hydrogens (tertiary/aromatic N) is 6. The molecule has 1 fully saturated rings. The van der Waals surface area contributed by atoms with Gasteiger partial charge in [-0.2, -0.15) is 10.4 Å². The Bertz CT molecular complexity index is 1500. The van der Waals surface area contributed by atoms with Gasteiger partial charge in [-0.15, -0.1) is 0 Å². The topological polar surface area (TPSA) is 109 Å². The monoisotopic (exact) mass is 517 g/mol. The highest BCUT2D eigenvalue weighted by Gasteiger charge is 2.26. The number of nitriles is 1. The highest BCUT2D eigenvalue weighted by molar-refractivity contribution is 6.30. The van der Waals surface area contributed by atoms with Crippen molar-refractivity contribution in [2.75, 3.05) is 29.9 Å². The van der Waals surface area contributed by atoms with Crippen LogP contribution in [-0.4, -0.2) is 45.4 Å². The molecule has 186 valence electrons. The van der Waals surface area contributed by atoms with Crippen molar-refractivity contribution in [3.05, 3.63) is 88.6 Å². The first-order chi connectivity index (χ1) is 17.9. The number of amides is 1. The van der Waals surface area contributed by atoms with Crippen LogP contribution in [0.1, 0.15) is 27.7 Å². The lowest BCUT2D eigenvalue weighted by molar-refractivity contribution is 0.0395. The molecule has 3 heterocycles. The number of nitrogens with one attached hydrogen (secondary N) is 1. The fourth-order valence-electron chi connectivity index (χ4n) is 3.99. The van der Waals surface area contributed by atoms with Crippen molar-refractivity contribution in [3.8, 4) is 17.5 Å². The average Bonchev–Trinajstić information content (AvgIpc) is 3.35. The van der Waals surface area contributed by atoms with Gasteiger partial charge in [-0.05, 0) is 42.5 Å². The molecule has 0 bridgehead atoms. The van der Waals surface area contributed by atoms with E-state index in [4.69, 9.17) is 21.6 Å². The summed E-state index contributed by atoms with van der Waals surface area (Å²) in [4.78, 5) is 24.1. The summed E-state index contributed by atoms with van der Waals surface area (Å²) in [6.07, 6.45) is 3.39. The molecule has 1 saturated heterocycles. The van der Waals surface area contributed by atoms with Crippen LogP contribution in [0.15, 0.2) is 60.9 Å². The molecule has 1 aliphatic rings. The summed E-state index contributed by atoms with van der Waals surface area (Å²) in [5.74, 6) is -0.582. The molecule has 0 spiro atoms. The van der Waals surface area contributed by atoms with Crippen LogP contribution in [0.5, 0.6) is 0 Å². The molecule has 11 heteroatoms. The molecule has 2 aromatic carbocycles. The van der Waals surface area contributed by atoms with Crippen molar-refractivity contribution in [3.63, 3.8) is 0 Å². The maximum atomic E-state index is 14.8. The number of morpholine rings is 1. The van der Waals surface area contributed by atoms with Crippen LogP contribution in [0.25, 0.3) is 11.4 Å². The zero-order chi connectivity index (χ0) is 25.9. The van der Waals surface area contributed by atoms with E-state index < -0.39 is 11.7 Å². The van der Waals surface area contributed by atoms with Gasteiger partial charge in [0.05, 0.1) is 30.0 Å². The molecule has 1 unspecified atom stereocenters. The van der Waals surface area contributed by atoms with Gasteiger partial charge in [-0.1, -0.05) is 11.6 Å². The fraction of sp³-hybridized carbons (Fsp3) is 0.192. The first kappa shape index (κ1) is 24.4. The number of hydrogen-bond acceptors (Lipinski definition) is 7. The molecule has 9 nitrogen and oxygen atoms in total. The summed E-state index contributed by atoms with van der Waals surface area (Å²) >= 11 is 5.93.